The number of rotatable bonds is 4. The highest BCUT2D eigenvalue weighted by atomic mass is 35.5. The number of carbonyl (C=O) groups is 2. The lowest BCUT2D eigenvalue weighted by atomic mass is 10.1. The highest BCUT2D eigenvalue weighted by molar-refractivity contribution is 6.32. The third kappa shape index (κ3) is 3.76. The maximum atomic E-state index is 14.7. The van der Waals surface area contributed by atoms with Gasteiger partial charge in [-0.2, -0.15) is 0 Å². The molecule has 1 fully saturated rings. The van der Waals surface area contributed by atoms with E-state index in [1.54, 1.807) is 24.3 Å². The van der Waals surface area contributed by atoms with E-state index in [9.17, 15) is 18.4 Å². The van der Waals surface area contributed by atoms with Crippen LogP contribution in [0.15, 0.2) is 42.5 Å². The molecule has 1 aliphatic heterocycles. The Kier molecular flexibility index (Phi) is 5.44. The van der Waals surface area contributed by atoms with Gasteiger partial charge in [0.25, 0.3) is 5.91 Å². The second kappa shape index (κ2) is 8.04. The van der Waals surface area contributed by atoms with E-state index in [2.05, 4.69) is 4.98 Å². The molecule has 3 aromatic rings. The molecule has 0 bridgehead atoms. The number of esters is 1. The van der Waals surface area contributed by atoms with Crippen LogP contribution >= 0.6 is 11.6 Å². The number of hydrogen-bond acceptors (Lipinski definition) is 4. The topological polar surface area (TPSA) is 88.4 Å². The molecule has 1 saturated heterocycles. The van der Waals surface area contributed by atoms with Gasteiger partial charge in [-0.25, -0.2) is 13.6 Å². The second-order valence-electron chi connectivity index (χ2n) is 7.15. The molecule has 4 rings (SSSR count). The number of ether oxygens (including phenoxy) is 1. The smallest absolute Gasteiger partial charge is 0.343 e. The normalized spacial score (nSPS) is 18.7. The zero-order valence-corrected chi connectivity index (χ0v) is 16.5. The fourth-order valence-electron chi connectivity index (χ4n) is 3.45. The predicted molar refractivity (Wildman–Crippen MR) is 108 cm³/mol. The van der Waals surface area contributed by atoms with Gasteiger partial charge in [-0.05, 0) is 17.7 Å². The van der Waals surface area contributed by atoms with Crippen molar-refractivity contribution in [1.29, 1.82) is 0 Å². The molecule has 2 atom stereocenters. The first kappa shape index (κ1) is 20.3. The van der Waals surface area contributed by atoms with E-state index in [4.69, 9.17) is 22.1 Å². The van der Waals surface area contributed by atoms with Crippen LogP contribution in [-0.2, 0) is 11.3 Å². The Labute approximate surface area is 175 Å². The molecule has 3 N–H and O–H groups in total. The Morgan fingerprint density at radius 1 is 1.23 bits per heavy atom. The molecule has 9 heteroatoms. The summed E-state index contributed by atoms with van der Waals surface area (Å²) in [5, 5.41) is 0.0795. The van der Waals surface area contributed by atoms with Crippen molar-refractivity contribution in [1.82, 2.24) is 9.88 Å². The van der Waals surface area contributed by atoms with Gasteiger partial charge in [0.2, 0.25) is 0 Å². The lowest BCUT2D eigenvalue weighted by molar-refractivity contribution is 0.0469. The number of nitrogens with one attached hydrogen (secondary N) is 1. The molecule has 156 valence electrons. The molecule has 2 heterocycles. The summed E-state index contributed by atoms with van der Waals surface area (Å²) < 4.78 is 33.6. The van der Waals surface area contributed by atoms with Crippen molar-refractivity contribution in [2.45, 2.75) is 18.8 Å². The van der Waals surface area contributed by atoms with Gasteiger partial charge < -0.3 is 20.4 Å². The summed E-state index contributed by atoms with van der Waals surface area (Å²) in [4.78, 5) is 29.4. The quantitative estimate of drug-likeness (QED) is 0.617. The number of aromatic amines is 1. The molecule has 0 radical (unpaired) electrons. The molecule has 30 heavy (non-hydrogen) atoms. The number of H-pyrrole nitrogens is 1. The van der Waals surface area contributed by atoms with E-state index in [-0.39, 0.29) is 35.9 Å². The summed E-state index contributed by atoms with van der Waals surface area (Å²) in [7, 11) is 0. The van der Waals surface area contributed by atoms with Gasteiger partial charge in [-0.3, -0.25) is 4.79 Å². The average molecular weight is 434 g/mol. The predicted octanol–water partition coefficient (Wildman–Crippen LogP) is 3.44. The Balaban J connectivity index is 1.65. The number of carbonyl (C=O) groups excluding carboxylic acids is 2. The Bertz CT molecular complexity index is 1110. The van der Waals surface area contributed by atoms with Crippen molar-refractivity contribution in [3.05, 3.63) is 70.1 Å². The molecule has 0 spiro atoms. The summed E-state index contributed by atoms with van der Waals surface area (Å²) >= 11 is 5.95. The monoisotopic (exact) mass is 433 g/mol. The fourth-order valence-corrected chi connectivity index (χ4v) is 3.66. The van der Waals surface area contributed by atoms with Gasteiger partial charge in [0.05, 0.1) is 23.1 Å². The molecule has 0 saturated carbocycles. The van der Waals surface area contributed by atoms with Crippen LogP contribution in [0.1, 0.15) is 26.4 Å². The molecule has 0 aliphatic carbocycles. The van der Waals surface area contributed by atoms with E-state index in [0.717, 1.165) is 5.56 Å². The van der Waals surface area contributed by atoms with E-state index < -0.39 is 35.5 Å². The number of halogens is 3. The third-order valence-corrected chi connectivity index (χ3v) is 5.31. The zero-order chi connectivity index (χ0) is 21.4. The molecule has 0 unspecified atom stereocenters. The van der Waals surface area contributed by atoms with Crippen molar-refractivity contribution in [2.75, 3.05) is 13.1 Å². The maximum Gasteiger partial charge on any atom is 0.343 e. The molecule has 1 aliphatic rings. The van der Waals surface area contributed by atoms with Crippen molar-refractivity contribution in [3.8, 4) is 0 Å². The van der Waals surface area contributed by atoms with Gasteiger partial charge in [-0.1, -0.05) is 41.9 Å². The zero-order valence-electron chi connectivity index (χ0n) is 15.7. The van der Waals surface area contributed by atoms with Gasteiger partial charge >= 0.3 is 5.97 Å². The molecule has 1 aromatic heterocycles. The number of benzene rings is 2. The number of fused-ring (bicyclic) bond motifs is 1. The number of hydrogen-bond donors (Lipinski definition) is 2. The van der Waals surface area contributed by atoms with Gasteiger partial charge in [0.15, 0.2) is 5.82 Å². The number of nitrogens with two attached hydrogens (primary N) is 1. The highest BCUT2D eigenvalue weighted by Gasteiger charge is 2.34. The van der Waals surface area contributed by atoms with Crippen LogP contribution in [0.3, 0.4) is 0 Å². The van der Waals surface area contributed by atoms with Crippen LogP contribution in [0.4, 0.5) is 8.78 Å². The van der Waals surface area contributed by atoms with Crippen LogP contribution in [0.5, 0.6) is 0 Å². The average Bonchev–Trinajstić information content (AvgIpc) is 3.30. The van der Waals surface area contributed by atoms with E-state index in [1.807, 2.05) is 6.07 Å². The molecule has 6 nitrogen and oxygen atoms in total. The first-order valence-electron chi connectivity index (χ1n) is 9.26. The van der Waals surface area contributed by atoms with E-state index in [0.29, 0.717) is 5.39 Å². The van der Waals surface area contributed by atoms with Gasteiger partial charge in [0.1, 0.15) is 24.0 Å². The summed E-state index contributed by atoms with van der Waals surface area (Å²) in [6.45, 7) is -0.115. The van der Waals surface area contributed by atoms with Crippen molar-refractivity contribution >= 4 is 34.4 Å². The standard InChI is InChI=1S/C21H18ClF2N3O3/c22-13-6-12-7-16(20(28)27-8-14(23)15(25)9-27)26-19(12)17(18(13)24)21(29)30-10-11-4-2-1-3-5-11/h1-7,14-15,26H,8-10,25H2/t14-,15+/m1/s1. The second-order valence-corrected chi connectivity index (χ2v) is 7.55. The summed E-state index contributed by atoms with van der Waals surface area (Å²) in [5.74, 6) is -2.37. The van der Waals surface area contributed by atoms with Crippen LogP contribution in [0.2, 0.25) is 5.02 Å². The minimum absolute atomic E-state index is 0.0524. The molecule has 2 aromatic carbocycles. The summed E-state index contributed by atoms with van der Waals surface area (Å²) in [5.41, 5.74) is 6.13. The first-order chi connectivity index (χ1) is 14.3. The summed E-state index contributed by atoms with van der Waals surface area (Å²) in [6.07, 6.45) is -1.31. The number of nitrogens with zero attached hydrogens (tertiary/aromatic N) is 1. The Morgan fingerprint density at radius 3 is 2.63 bits per heavy atom. The Morgan fingerprint density at radius 2 is 1.97 bits per heavy atom. The van der Waals surface area contributed by atoms with Crippen molar-refractivity contribution in [2.24, 2.45) is 5.73 Å². The van der Waals surface area contributed by atoms with Crippen molar-refractivity contribution < 1.29 is 23.1 Å². The largest absolute Gasteiger partial charge is 0.457 e. The van der Waals surface area contributed by atoms with Crippen LogP contribution in [0.25, 0.3) is 10.9 Å². The lowest BCUT2D eigenvalue weighted by Gasteiger charge is -2.13. The van der Waals surface area contributed by atoms with Gasteiger partial charge in [0, 0.05) is 11.9 Å². The SMILES string of the molecule is N[C@H]1CN(C(=O)c2cc3cc(Cl)c(F)c(C(=O)OCc4ccccc4)c3[nH]2)C[C@H]1F. The lowest BCUT2D eigenvalue weighted by Crippen LogP contribution is -2.32. The fraction of sp³-hybridized carbons (Fsp3) is 0.238. The van der Waals surface area contributed by atoms with Crippen LogP contribution in [-0.4, -0.2) is 47.1 Å². The number of alkyl halides is 1. The number of aromatic nitrogens is 1. The van der Waals surface area contributed by atoms with Crippen molar-refractivity contribution in [3.63, 3.8) is 0 Å². The minimum atomic E-state index is -1.31. The van der Waals surface area contributed by atoms with Crippen LogP contribution in [0, 0.1) is 5.82 Å². The molecular formula is C21H18ClF2N3O3. The minimum Gasteiger partial charge on any atom is -0.457 e. The Hall–Kier alpha value is -2.97. The van der Waals surface area contributed by atoms with Gasteiger partial charge in [-0.15, -0.1) is 0 Å². The number of amides is 1. The number of likely N-dealkylation sites (tertiary alicyclic amines) is 1. The van der Waals surface area contributed by atoms with Crippen LogP contribution < -0.4 is 5.73 Å². The summed E-state index contributed by atoms with van der Waals surface area (Å²) in [6, 6.07) is 10.9. The third-order valence-electron chi connectivity index (χ3n) is 5.03. The van der Waals surface area contributed by atoms with E-state index >= 15 is 0 Å². The molecular weight excluding hydrogens is 416 g/mol. The van der Waals surface area contributed by atoms with E-state index in [1.165, 1.54) is 17.0 Å². The maximum absolute atomic E-state index is 14.7. The first-order valence-corrected chi connectivity index (χ1v) is 9.63. The highest BCUT2D eigenvalue weighted by Crippen LogP contribution is 2.30. The molecule has 1 amide bonds.